The average molecular weight is 364 g/mol. The summed E-state index contributed by atoms with van der Waals surface area (Å²) in [7, 11) is 0. The van der Waals surface area contributed by atoms with Crippen molar-refractivity contribution in [3.63, 3.8) is 0 Å². The number of aryl methyl sites for hydroxylation is 1. The van der Waals surface area contributed by atoms with Gasteiger partial charge in [0.25, 0.3) is 0 Å². The molecule has 9 heteroatoms. The van der Waals surface area contributed by atoms with Crippen molar-refractivity contribution in [1.29, 1.82) is 0 Å². The van der Waals surface area contributed by atoms with Crippen LogP contribution in [0.4, 0.5) is 0 Å². The van der Waals surface area contributed by atoms with Crippen LogP contribution in [0, 0.1) is 11.8 Å². The van der Waals surface area contributed by atoms with E-state index in [1.54, 1.807) is 4.68 Å². The number of hydroxylamine groups is 2. The van der Waals surface area contributed by atoms with Gasteiger partial charge in [-0.05, 0) is 42.5 Å². The van der Waals surface area contributed by atoms with Gasteiger partial charge in [-0.25, -0.2) is 9.75 Å². The maximum atomic E-state index is 13.3. The molecule has 9 nitrogen and oxygen atoms in total. The van der Waals surface area contributed by atoms with Gasteiger partial charge in [-0.1, -0.05) is 25.7 Å². The molecule has 1 aromatic rings. The maximum absolute atomic E-state index is 13.3. The Kier molecular flexibility index (Phi) is 6.18. The van der Waals surface area contributed by atoms with E-state index in [0.717, 1.165) is 25.7 Å². The zero-order valence-corrected chi connectivity index (χ0v) is 15.3. The first-order chi connectivity index (χ1) is 12.6. The first kappa shape index (κ1) is 18.8. The highest BCUT2D eigenvalue weighted by atomic mass is 16.5. The van der Waals surface area contributed by atoms with E-state index >= 15 is 0 Å². The van der Waals surface area contributed by atoms with Crippen molar-refractivity contribution in [2.75, 3.05) is 13.1 Å². The summed E-state index contributed by atoms with van der Waals surface area (Å²) in [6, 6.07) is -0.132. The van der Waals surface area contributed by atoms with Crippen LogP contribution in [0.1, 0.15) is 63.7 Å². The van der Waals surface area contributed by atoms with Crippen LogP contribution in [0.2, 0.25) is 0 Å². The Morgan fingerprint density at radius 2 is 2.12 bits per heavy atom. The van der Waals surface area contributed by atoms with E-state index in [0.29, 0.717) is 42.7 Å². The highest BCUT2D eigenvalue weighted by Gasteiger charge is 2.38. The molecule has 2 aliphatic rings. The molecule has 1 aliphatic carbocycles. The van der Waals surface area contributed by atoms with Gasteiger partial charge in [-0.3, -0.25) is 14.8 Å². The van der Waals surface area contributed by atoms with E-state index in [2.05, 4.69) is 15.5 Å². The Morgan fingerprint density at radius 3 is 2.81 bits per heavy atom. The summed E-state index contributed by atoms with van der Waals surface area (Å²) in [5.41, 5.74) is 0. The van der Waals surface area contributed by atoms with Crippen LogP contribution in [0.15, 0.2) is 0 Å². The number of rotatable bonds is 8. The lowest BCUT2D eigenvalue weighted by Crippen LogP contribution is -2.41. The van der Waals surface area contributed by atoms with E-state index in [-0.39, 0.29) is 24.4 Å². The fourth-order valence-corrected chi connectivity index (χ4v) is 4.38. The van der Waals surface area contributed by atoms with Crippen molar-refractivity contribution in [3.8, 4) is 0 Å². The van der Waals surface area contributed by atoms with Gasteiger partial charge in [0, 0.05) is 13.1 Å². The number of likely N-dealkylation sites (tertiary alicyclic amines) is 1. The number of carbonyl (C=O) groups excluding carboxylic acids is 2. The molecule has 1 aromatic heterocycles. The van der Waals surface area contributed by atoms with E-state index in [1.165, 1.54) is 12.8 Å². The van der Waals surface area contributed by atoms with Crippen molar-refractivity contribution in [1.82, 2.24) is 30.2 Å². The van der Waals surface area contributed by atoms with Crippen molar-refractivity contribution in [2.24, 2.45) is 11.8 Å². The lowest BCUT2D eigenvalue weighted by molar-refractivity contribution is -0.157. The molecule has 2 heterocycles. The number of hydrogen-bond acceptors (Lipinski definition) is 6. The van der Waals surface area contributed by atoms with Gasteiger partial charge in [-0.2, -0.15) is 0 Å². The fraction of sp³-hybridized carbons (Fsp3) is 0.824. The summed E-state index contributed by atoms with van der Waals surface area (Å²) in [6.07, 6.45) is 7.44. The molecule has 0 aromatic carbocycles. The molecule has 1 saturated heterocycles. The minimum absolute atomic E-state index is 0.00838. The molecule has 1 N–H and O–H groups in total. The molecule has 2 fully saturated rings. The molecule has 0 spiro atoms. The topological polar surface area (TPSA) is 104 Å². The third kappa shape index (κ3) is 4.03. The van der Waals surface area contributed by atoms with Gasteiger partial charge < -0.3 is 4.90 Å². The number of carbonyl (C=O) groups is 2. The SMILES string of the molecule is CCn1nnnc1[C@@H]1CCCN1C(=O)C(CC1CCCC1)CN(O)C=O. The van der Waals surface area contributed by atoms with E-state index in [9.17, 15) is 14.8 Å². The second kappa shape index (κ2) is 8.57. The normalized spacial score (nSPS) is 21.9. The van der Waals surface area contributed by atoms with Gasteiger partial charge in [0.1, 0.15) is 0 Å². The van der Waals surface area contributed by atoms with Crippen molar-refractivity contribution in [3.05, 3.63) is 5.82 Å². The standard InChI is InChI=1S/C17H28N6O3/c1-2-23-16(18-19-20-23)15-8-5-9-22(15)17(25)14(11-21(26)12-24)10-13-6-3-4-7-13/h12-15,26H,2-11H2,1H3/t14?,15-/m0/s1. The molecule has 26 heavy (non-hydrogen) atoms. The molecule has 1 unspecified atom stereocenters. The Labute approximate surface area is 153 Å². The van der Waals surface area contributed by atoms with Crippen LogP contribution in [-0.4, -0.2) is 60.8 Å². The zero-order valence-electron chi connectivity index (χ0n) is 15.3. The van der Waals surface area contributed by atoms with Gasteiger partial charge in [0.05, 0.1) is 18.5 Å². The molecular weight excluding hydrogens is 336 g/mol. The molecule has 2 atom stereocenters. The Balaban J connectivity index is 1.76. The average Bonchev–Trinajstić information content (AvgIpc) is 3.39. The fourth-order valence-electron chi connectivity index (χ4n) is 4.38. The molecule has 0 radical (unpaired) electrons. The smallest absolute Gasteiger partial charge is 0.233 e. The number of amides is 2. The highest BCUT2D eigenvalue weighted by molar-refractivity contribution is 5.80. The lowest BCUT2D eigenvalue weighted by Gasteiger charge is -2.30. The molecule has 0 bridgehead atoms. The minimum Gasteiger partial charge on any atom is -0.332 e. The first-order valence-electron chi connectivity index (χ1n) is 9.61. The Hall–Kier alpha value is -2.03. The largest absolute Gasteiger partial charge is 0.332 e. The van der Waals surface area contributed by atoms with Gasteiger partial charge in [0.2, 0.25) is 12.3 Å². The van der Waals surface area contributed by atoms with Crippen LogP contribution in [-0.2, 0) is 16.1 Å². The molecule has 1 saturated carbocycles. The molecule has 1 aliphatic heterocycles. The predicted molar refractivity (Wildman–Crippen MR) is 91.8 cm³/mol. The quantitative estimate of drug-likeness (QED) is 0.425. The highest BCUT2D eigenvalue weighted by Crippen LogP contribution is 2.35. The number of nitrogens with zero attached hydrogens (tertiary/aromatic N) is 6. The maximum Gasteiger partial charge on any atom is 0.233 e. The van der Waals surface area contributed by atoms with E-state index in [1.807, 2.05) is 11.8 Å². The van der Waals surface area contributed by atoms with Crippen LogP contribution >= 0.6 is 0 Å². The molecule has 144 valence electrons. The van der Waals surface area contributed by atoms with Crippen LogP contribution in [0.3, 0.4) is 0 Å². The summed E-state index contributed by atoms with van der Waals surface area (Å²) in [4.78, 5) is 26.0. The summed E-state index contributed by atoms with van der Waals surface area (Å²) in [6.45, 7) is 3.33. The number of tetrazole rings is 1. The van der Waals surface area contributed by atoms with Gasteiger partial charge in [-0.15, -0.1) is 5.10 Å². The van der Waals surface area contributed by atoms with Crippen molar-refractivity contribution in [2.45, 2.75) is 64.5 Å². The molecule has 3 rings (SSSR count). The first-order valence-corrected chi connectivity index (χ1v) is 9.61. The summed E-state index contributed by atoms with van der Waals surface area (Å²) in [5, 5.41) is 22.2. The van der Waals surface area contributed by atoms with Crippen LogP contribution in [0.25, 0.3) is 0 Å². The number of aromatic nitrogens is 4. The third-order valence-corrected chi connectivity index (χ3v) is 5.66. The van der Waals surface area contributed by atoms with Gasteiger partial charge in [0.15, 0.2) is 5.82 Å². The van der Waals surface area contributed by atoms with E-state index < -0.39 is 0 Å². The second-order valence-electron chi connectivity index (χ2n) is 7.35. The summed E-state index contributed by atoms with van der Waals surface area (Å²) in [5.74, 6) is 0.811. The Morgan fingerprint density at radius 1 is 1.35 bits per heavy atom. The summed E-state index contributed by atoms with van der Waals surface area (Å²) >= 11 is 0. The predicted octanol–water partition coefficient (Wildman–Crippen LogP) is 1.40. The lowest BCUT2D eigenvalue weighted by atomic mass is 9.91. The number of hydrogen-bond donors (Lipinski definition) is 1. The molecule has 2 amide bonds. The van der Waals surface area contributed by atoms with Crippen LogP contribution in [0.5, 0.6) is 0 Å². The third-order valence-electron chi connectivity index (χ3n) is 5.66. The Bertz CT molecular complexity index is 615. The van der Waals surface area contributed by atoms with E-state index in [4.69, 9.17) is 0 Å². The summed E-state index contributed by atoms with van der Waals surface area (Å²) < 4.78 is 1.73. The zero-order chi connectivity index (χ0) is 18.5. The monoisotopic (exact) mass is 364 g/mol. The van der Waals surface area contributed by atoms with Crippen molar-refractivity contribution < 1.29 is 14.8 Å². The second-order valence-corrected chi connectivity index (χ2v) is 7.35. The van der Waals surface area contributed by atoms with Crippen LogP contribution < -0.4 is 0 Å². The van der Waals surface area contributed by atoms with Gasteiger partial charge >= 0.3 is 0 Å². The van der Waals surface area contributed by atoms with Crippen molar-refractivity contribution >= 4 is 12.3 Å². The molecular formula is C17H28N6O3. The minimum atomic E-state index is -0.389.